The van der Waals surface area contributed by atoms with E-state index in [1.165, 1.54) is 29.9 Å². The van der Waals surface area contributed by atoms with Crippen LogP contribution in [0.5, 0.6) is 0 Å². The van der Waals surface area contributed by atoms with Crippen LogP contribution < -0.4 is 0 Å². The Morgan fingerprint density at radius 3 is 2.86 bits per heavy atom. The van der Waals surface area contributed by atoms with E-state index in [0.717, 1.165) is 30.6 Å². The maximum Gasteiger partial charge on any atom is 0.123 e. The fourth-order valence-corrected chi connectivity index (χ4v) is 3.90. The van der Waals surface area contributed by atoms with Crippen molar-refractivity contribution in [3.63, 3.8) is 0 Å². The summed E-state index contributed by atoms with van der Waals surface area (Å²) in [5.74, 6) is -0.0334. The minimum absolute atomic E-state index is 0.00158. The summed E-state index contributed by atoms with van der Waals surface area (Å²) in [6.07, 6.45) is 6.99. The second kappa shape index (κ2) is 4.78. The van der Waals surface area contributed by atoms with E-state index in [9.17, 15) is 9.50 Å². The van der Waals surface area contributed by atoms with Gasteiger partial charge in [0, 0.05) is 0 Å². The molecule has 1 aromatic heterocycles. The smallest absolute Gasteiger partial charge is 0.123 e. The molecule has 1 N–H and O–H groups in total. The van der Waals surface area contributed by atoms with Gasteiger partial charge in [0.2, 0.25) is 0 Å². The van der Waals surface area contributed by atoms with Gasteiger partial charge in [0.1, 0.15) is 5.82 Å². The molecule has 0 amide bonds. The Morgan fingerprint density at radius 1 is 1.36 bits per heavy atom. The van der Waals surface area contributed by atoms with Crippen LogP contribution in [0.15, 0.2) is 36.0 Å². The van der Waals surface area contributed by atoms with Gasteiger partial charge >= 0.3 is 0 Å². The summed E-state index contributed by atoms with van der Waals surface area (Å²) < 4.78 is 15.0. The third-order valence-corrected chi connectivity index (χ3v) is 5.28. The van der Waals surface area contributed by atoms with Gasteiger partial charge in [-0.15, -0.1) is 0 Å². The fourth-order valence-electron chi connectivity index (χ4n) is 3.90. The molecule has 0 unspecified atom stereocenters. The summed E-state index contributed by atoms with van der Waals surface area (Å²) in [4.78, 5) is 0. The Labute approximate surface area is 129 Å². The number of rotatable bonds is 2. The molecule has 22 heavy (non-hydrogen) atoms. The standard InChI is InChI=1S/C18H18FN2O/c1-18-9-12-10-20-21(16-6-4-15(19)5-7-16)17(12)8-13(18)2-3-14(18)11-22/h4-8,10-11,14,22H,2-3,9H2,1H3/t14-,18+/m1/s1. The van der Waals surface area contributed by atoms with Crippen LogP contribution in [-0.2, 0) is 6.42 Å². The summed E-state index contributed by atoms with van der Waals surface area (Å²) >= 11 is 0. The number of hydrogen-bond acceptors (Lipinski definition) is 2. The molecular weight excluding hydrogens is 279 g/mol. The van der Waals surface area contributed by atoms with Gasteiger partial charge in [0.15, 0.2) is 0 Å². The zero-order valence-electron chi connectivity index (χ0n) is 12.5. The van der Waals surface area contributed by atoms with Gasteiger partial charge in [-0.1, -0.05) is 12.5 Å². The highest BCUT2D eigenvalue weighted by atomic mass is 19.1. The van der Waals surface area contributed by atoms with Crippen LogP contribution in [0.3, 0.4) is 0 Å². The predicted molar refractivity (Wildman–Crippen MR) is 82.3 cm³/mol. The van der Waals surface area contributed by atoms with Crippen LogP contribution in [0.4, 0.5) is 4.39 Å². The summed E-state index contributed by atoms with van der Waals surface area (Å²) in [7, 11) is 0. The van der Waals surface area contributed by atoms with Crippen molar-refractivity contribution < 1.29 is 9.50 Å². The molecule has 0 saturated heterocycles. The minimum atomic E-state index is -0.243. The molecule has 1 fully saturated rings. The fraction of sp³-hybridized carbons (Fsp3) is 0.333. The predicted octanol–water partition coefficient (Wildman–Crippen LogP) is 3.90. The summed E-state index contributed by atoms with van der Waals surface area (Å²) in [6.45, 7) is 3.58. The van der Waals surface area contributed by atoms with Crippen molar-refractivity contribution in [2.75, 3.05) is 0 Å². The van der Waals surface area contributed by atoms with Crippen LogP contribution in [0.25, 0.3) is 11.8 Å². The Morgan fingerprint density at radius 2 is 2.14 bits per heavy atom. The lowest BCUT2D eigenvalue weighted by atomic mass is 9.70. The van der Waals surface area contributed by atoms with E-state index in [1.54, 1.807) is 12.1 Å². The van der Waals surface area contributed by atoms with Gasteiger partial charge in [0.05, 0.1) is 24.2 Å². The highest BCUT2D eigenvalue weighted by molar-refractivity contribution is 5.62. The molecule has 1 radical (unpaired) electrons. The number of halogens is 1. The topological polar surface area (TPSA) is 38.0 Å². The van der Waals surface area contributed by atoms with E-state index in [0.29, 0.717) is 0 Å². The van der Waals surface area contributed by atoms with E-state index in [2.05, 4.69) is 18.1 Å². The first-order valence-electron chi connectivity index (χ1n) is 7.63. The van der Waals surface area contributed by atoms with E-state index in [-0.39, 0.29) is 17.2 Å². The summed E-state index contributed by atoms with van der Waals surface area (Å²) in [6, 6.07) is 6.40. The molecule has 0 bridgehead atoms. The molecule has 1 aromatic carbocycles. The van der Waals surface area contributed by atoms with Crippen molar-refractivity contribution in [2.24, 2.45) is 11.3 Å². The molecule has 2 aliphatic rings. The third kappa shape index (κ3) is 1.87. The van der Waals surface area contributed by atoms with Gasteiger partial charge in [-0.05, 0) is 66.5 Å². The van der Waals surface area contributed by atoms with Crippen LogP contribution in [0, 0.1) is 23.8 Å². The van der Waals surface area contributed by atoms with Gasteiger partial charge in [-0.3, -0.25) is 0 Å². The van der Waals surface area contributed by atoms with Crippen molar-refractivity contribution in [3.8, 4) is 5.69 Å². The molecule has 1 heterocycles. The Balaban J connectivity index is 1.79. The number of aliphatic hydroxyl groups is 1. The molecule has 0 aliphatic heterocycles. The lowest BCUT2D eigenvalue weighted by molar-refractivity contribution is 0.213. The molecule has 2 aromatic rings. The quantitative estimate of drug-likeness (QED) is 0.913. The number of aliphatic hydroxyl groups excluding tert-OH is 1. The van der Waals surface area contributed by atoms with E-state index < -0.39 is 0 Å². The molecule has 113 valence electrons. The molecule has 2 atom stereocenters. The molecule has 1 saturated carbocycles. The largest absolute Gasteiger partial charge is 0.390 e. The van der Waals surface area contributed by atoms with E-state index in [1.807, 2.05) is 10.9 Å². The van der Waals surface area contributed by atoms with E-state index in [4.69, 9.17) is 0 Å². The van der Waals surface area contributed by atoms with Crippen molar-refractivity contribution in [1.29, 1.82) is 0 Å². The number of hydrogen-bond donors (Lipinski definition) is 1. The molecule has 4 rings (SSSR count). The summed E-state index contributed by atoms with van der Waals surface area (Å²) in [5.41, 5.74) is 4.51. The van der Waals surface area contributed by atoms with Crippen LogP contribution in [0.1, 0.15) is 31.0 Å². The van der Waals surface area contributed by atoms with E-state index >= 15 is 0 Å². The molecule has 4 heteroatoms. The lowest BCUT2D eigenvalue weighted by Crippen LogP contribution is -2.29. The first kappa shape index (κ1) is 13.7. The molecular formula is C18H18FN2O. The molecule has 3 nitrogen and oxygen atoms in total. The van der Waals surface area contributed by atoms with Gasteiger partial charge < -0.3 is 5.11 Å². The van der Waals surface area contributed by atoms with Crippen LogP contribution in [0.2, 0.25) is 0 Å². The number of fused-ring (bicyclic) bond motifs is 2. The highest BCUT2D eigenvalue weighted by Gasteiger charge is 2.45. The Bertz CT molecular complexity index is 747. The Kier molecular flexibility index (Phi) is 2.98. The van der Waals surface area contributed by atoms with Gasteiger partial charge in [-0.25, -0.2) is 9.07 Å². The van der Waals surface area contributed by atoms with Crippen molar-refractivity contribution in [1.82, 2.24) is 9.78 Å². The maximum atomic E-state index is 13.1. The first-order chi connectivity index (χ1) is 10.6. The second-order valence-electron chi connectivity index (χ2n) is 6.50. The number of nitrogens with zero attached hydrogens (tertiary/aromatic N) is 2. The number of aromatic nitrogens is 2. The number of allylic oxidation sites excluding steroid dienone is 1. The van der Waals surface area contributed by atoms with Gasteiger partial charge in [0.25, 0.3) is 0 Å². The maximum absolute atomic E-state index is 13.1. The molecule has 2 aliphatic carbocycles. The lowest BCUT2D eigenvalue weighted by Gasteiger charge is -2.34. The third-order valence-electron chi connectivity index (χ3n) is 5.28. The SMILES string of the molecule is C[C@]12Cc3cnn(-c4ccc(F)cc4)c3C=C1CC[C@@H]2[CH]O. The molecule has 0 spiro atoms. The summed E-state index contributed by atoms with van der Waals surface area (Å²) in [5, 5.41) is 14.0. The highest BCUT2D eigenvalue weighted by Crippen LogP contribution is 2.53. The minimum Gasteiger partial charge on any atom is -0.390 e. The first-order valence-corrected chi connectivity index (χ1v) is 7.63. The van der Waals surface area contributed by atoms with Crippen LogP contribution >= 0.6 is 0 Å². The zero-order valence-corrected chi connectivity index (χ0v) is 12.5. The zero-order chi connectivity index (χ0) is 15.3. The monoisotopic (exact) mass is 297 g/mol. The second-order valence-corrected chi connectivity index (χ2v) is 6.50. The normalized spacial score (nSPS) is 26.5. The Hall–Kier alpha value is -1.94. The van der Waals surface area contributed by atoms with Crippen molar-refractivity contribution in [2.45, 2.75) is 26.2 Å². The van der Waals surface area contributed by atoms with Crippen LogP contribution in [-0.4, -0.2) is 14.9 Å². The average molecular weight is 297 g/mol. The van der Waals surface area contributed by atoms with Crippen molar-refractivity contribution >= 4 is 6.08 Å². The van der Waals surface area contributed by atoms with Gasteiger partial charge in [-0.2, -0.15) is 5.10 Å². The number of benzene rings is 1. The van der Waals surface area contributed by atoms with Crippen molar-refractivity contribution in [3.05, 3.63) is 59.7 Å². The average Bonchev–Trinajstić information content (AvgIpc) is 3.05.